The zero-order chi connectivity index (χ0) is 14.9. The van der Waals surface area contributed by atoms with Crippen molar-refractivity contribution in [1.82, 2.24) is 5.32 Å². The number of carbonyl (C=O) groups excluding carboxylic acids is 1. The van der Waals surface area contributed by atoms with Crippen molar-refractivity contribution in [1.29, 1.82) is 0 Å². The number of nitrogens with two attached hydrogens (primary N) is 1. The van der Waals surface area contributed by atoms with Gasteiger partial charge in [0.1, 0.15) is 11.5 Å². The Bertz CT molecular complexity index is 564. The van der Waals surface area contributed by atoms with Gasteiger partial charge in [-0.25, -0.2) is 4.39 Å². The van der Waals surface area contributed by atoms with Crippen molar-refractivity contribution in [3.8, 4) is 0 Å². The number of amides is 1. The average Bonchev–Trinajstić information content (AvgIpc) is 2.77. The minimum absolute atomic E-state index is 0.163. The van der Waals surface area contributed by atoms with Crippen LogP contribution in [0, 0.1) is 15.9 Å². The molecule has 0 bridgehead atoms. The molecule has 0 saturated carbocycles. The number of nitrogens with one attached hydrogen (secondary N) is 1. The third-order valence-electron chi connectivity index (χ3n) is 3.26. The van der Waals surface area contributed by atoms with Crippen LogP contribution in [0.4, 0.5) is 15.8 Å². The predicted octanol–water partition coefficient (Wildman–Crippen LogP) is 1.22. The molecule has 8 heteroatoms. The first-order valence-corrected chi connectivity index (χ1v) is 6.06. The van der Waals surface area contributed by atoms with Crippen LogP contribution < -0.4 is 11.1 Å². The van der Waals surface area contributed by atoms with Crippen molar-refractivity contribution in [3.05, 3.63) is 33.6 Å². The number of nitro benzene ring substituents is 1. The molecular weight excluding hydrogens is 269 g/mol. The van der Waals surface area contributed by atoms with Crippen LogP contribution in [0.5, 0.6) is 0 Å². The van der Waals surface area contributed by atoms with Gasteiger partial charge in [-0.2, -0.15) is 0 Å². The van der Waals surface area contributed by atoms with Gasteiger partial charge >= 0.3 is 0 Å². The van der Waals surface area contributed by atoms with E-state index in [4.69, 9.17) is 10.5 Å². The van der Waals surface area contributed by atoms with Crippen molar-refractivity contribution in [3.63, 3.8) is 0 Å². The smallest absolute Gasteiger partial charge is 0.295 e. The van der Waals surface area contributed by atoms with Crippen LogP contribution in [-0.2, 0) is 4.74 Å². The van der Waals surface area contributed by atoms with Crippen LogP contribution in [0.25, 0.3) is 0 Å². The Balaban J connectivity index is 2.27. The summed E-state index contributed by atoms with van der Waals surface area (Å²) in [4.78, 5) is 22.0. The maximum Gasteiger partial charge on any atom is 0.295 e. The zero-order valence-corrected chi connectivity index (χ0v) is 10.8. The number of nitro groups is 1. The lowest BCUT2D eigenvalue weighted by Gasteiger charge is -2.16. The molecule has 2 rings (SSSR count). The fourth-order valence-electron chi connectivity index (χ4n) is 2.11. The summed E-state index contributed by atoms with van der Waals surface area (Å²) in [5, 5.41) is 13.4. The number of nitrogens with zero attached hydrogens (tertiary/aromatic N) is 1. The van der Waals surface area contributed by atoms with Gasteiger partial charge in [-0.05, 0) is 19.4 Å². The number of carbonyl (C=O) groups is 1. The van der Waals surface area contributed by atoms with E-state index in [1.807, 2.05) is 0 Å². The summed E-state index contributed by atoms with van der Waals surface area (Å²) in [6.07, 6.45) is 0.466. The van der Waals surface area contributed by atoms with E-state index in [1.54, 1.807) is 6.92 Å². The van der Waals surface area contributed by atoms with Crippen LogP contribution in [0.2, 0.25) is 0 Å². The molecule has 1 aromatic rings. The van der Waals surface area contributed by atoms with Crippen molar-refractivity contribution in [2.24, 2.45) is 0 Å². The SMILES string of the molecule is CC1OCCC1NC(=O)c1cc(F)cc([N+](=O)[O-])c1N. The number of anilines is 1. The standard InChI is InChI=1S/C12H14FN3O4/c1-6-9(2-3-20-6)15-12(17)8-4-7(13)5-10(11(8)14)16(18)19/h4-6,9H,2-3,14H2,1H3,(H,15,17). The molecule has 7 nitrogen and oxygen atoms in total. The Hall–Kier alpha value is -2.22. The average molecular weight is 283 g/mol. The molecule has 2 unspecified atom stereocenters. The maximum atomic E-state index is 13.4. The highest BCUT2D eigenvalue weighted by molar-refractivity contribution is 6.01. The molecule has 1 heterocycles. The summed E-state index contributed by atoms with van der Waals surface area (Å²) >= 11 is 0. The third kappa shape index (κ3) is 2.69. The summed E-state index contributed by atoms with van der Waals surface area (Å²) in [5.41, 5.74) is 4.36. The lowest BCUT2D eigenvalue weighted by atomic mass is 10.1. The molecule has 1 amide bonds. The highest BCUT2D eigenvalue weighted by atomic mass is 19.1. The topological polar surface area (TPSA) is 107 Å². The van der Waals surface area contributed by atoms with Crippen molar-refractivity contribution >= 4 is 17.3 Å². The number of benzene rings is 1. The molecule has 1 aliphatic rings. The molecule has 0 aliphatic carbocycles. The zero-order valence-electron chi connectivity index (χ0n) is 10.8. The van der Waals surface area contributed by atoms with E-state index < -0.39 is 22.3 Å². The van der Waals surface area contributed by atoms with Crippen molar-refractivity contribution in [2.45, 2.75) is 25.5 Å². The number of ether oxygens (including phenoxy) is 1. The number of hydrogen-bond acceptors (Lipinski definition) is 5. The van der Waals surface area contributed by atoms with Gasteiger partial charge < -0.3 is 15.8 Å². The monoisotopic (exact) mass is 283 g/mol. The van der Waals surface area contributed by atoms with E-state index in [2.05, 4.69) is 5.32 Å². The minimum atomic E-state index is -0.883. The molecule has 1 fully saturated rings. The lowest BCUT2D eigenvalue weighted by Crippen LogP contribution is -2.39. The Morgan fingerprint density at radius 1 is 1.60 bits per heavy atom. The molecule has 1 aromatic carbocycles. The summed E-state index contributed by atoms with van der Waals surface area (Å²) in [6, 6.07) is 1.36. The van der Waals surface area contributed by atoms with E-state index >= 15 is 0 Å². The van der Waals surface area contributed by atoms with Crippen molar-refractivity contribution < 1.29 is 18.8 Å². The first-order chi connectivity index (χ1) is 9.40. The first-order valence-electron chi connectivity index (χ1n) is 6.06. The lowest BCUT2D eigenvalue weighted by molar-refractivity contribution is -0.384. The second-order valence-corrected chi connectivity index (χ2v) is 4.59. The van der Waals surface area contributed by atoms with E-state index in [1.165, 1.54) is 0 Å². The molecule has 3 N–H and O–H groups in total. The van der Waals surface area contributed by atoms with E-state index in [-0.39, 0.29) is 23.4 Å². The second-order valence-electron chi connectivity index (χ2n) is 4.59. The van der Waals surface area contributed by atoms with Crippen LogP contribution in [-0.4, -0.2) is 29.6 Å². The molecule has 20 heavy (non-hydrogen) atoms. The van der Waals surface area contributed by atoms with Gasteiger partial charge in [0, 0.05) is 6.61 Å². The fraction of sp³-hybridized carbons (Fsp3) is 0.417. The van der Waals surface area contributed by atoms with Gasteiger partial charge in [-0.15, -0.1) is 0 Å². The summed E-state index contributed by atoms with van der Waals surface area (Å²) < 4.78 is 18.6. The van der Waals surface area contributed by atoms with Crippen molar-refractivity contribution in [2.75, 3.05) is 12.3 Å². The maximum absolute atomic E-state index is 13.4. The molecule has 0 spiro atoms. The second kappa shape index (κ2) is 5.41. The highest BCUT2D eigenvalue weighted by Gasteiger charge is 2.28. The van der Waals surface area contributed by atoms with E-state index in [0.29, 0.717) is 19.1 Å². The van der Waals surface area contributed by atoms with Gasteiger partial charge in [0.25, 0.3) is 11.6 Å². The molecule has 2 atom stereocenters. The number of rotatable bonds is 3. The van der Waals surface area contributed by atoms with Crippen LogP contribution in [0.15, 0.2) is 12.1 Å². The molecule has 1 saturated heterocycles. The van der Waals surface area contributed by atoms with Gasteiger partial charge in [0.15, 0.2) is 0 Å². The Labute approximate surface area is 114 Å². The Morgan fingerprint density at radius 3 is 2.85 bits per heavy atom. The largest absolute Gasteiger partial charge is 0.393 e. The number of halogens is 1. The molecule has 1 aliphatic heterocycles. The van der Waals surface area contributed by atoms with Crippen LogP contribution in [0.1, 0.15) is 23.7 Å². The third-order valence-corrected chi connectivity index (χ3v) is 3.26. The van der Waals surface area contributed by atoms with E-state index in [9.17, 15) is 19.3 Å². The van der Waals surface area contributed by atoms with Crippen LogP contribution in [0.3, 0.4) is 0 Å². The summed E-state index contributed by atoms with van der Waals surface area (Å²) in [7, 11) is 0. The van der Waals surface area contributed by atoms with Gasteiger partial charge in [0.2, 0.25) is 0 Å². The van der Waals surface area contributed by atoms with Gasteiger partial charge in [-0.1, -0.05) is 0 Å². The van der Waals surface area contributed by atoms with E-state index in [0.717, 1.165) is 6.07 Å². The van der Waals surface area contributed by atoms with Gasteiger partial charge in [0.05, 0.1) is 28.7 Å². The van der Waals surface area contributed by atoms with Crippen LogP contribution >= 0.6 is 0 Å². The normalized spacial score (nSPS) is 21.7. The Morgan fingerprint density at radius 2 is 2.30 bits per heavy atom. The number of hydrogen-bond donors (Lipinski definition) is 2. The molecule has 108 valence electrons. The summed E-state index contributed by atoms with van der Waals surface area (Å²) in [5.74, 6) is -1.53. The molecule has 0 radical (unpaired) electrons. The highest BCUT2D eigenvalue weighted by Crippen LogP contribution is 2.27. The molecule has 0 aromatic heterocycles. The summed E-state index contributed by atoms with van der Waals surface area (Å²) in [6.45, 7) is 2.32. The first kappa shape index (κ1) is 14.2. The quantitative estimate of drug-likeness (QED) is 0.492. The Kier molecular flexibility index (Phi) is 3.84. The number of nitrogen functional groups attached to an aromatic ring is 1. The predicted molar refractivity (Wildman–Crippen MR) is 68.8 cm³/mol. The molecular formula is C12H14FN3O4. The fourth-order valence-corrected chi connectivity index (χ4v) is 2.11. The minimum Gasteiger partial charge on any atom is -0.393 e. The van der Waals surface area contributed by atoms with Gasteiger partial charge in [-0.3, -0.25) is 14.9 Å².